The average molecular weight is 678 g/mol. The second-order valence-corrected chi connectivity index (χ2v) is 5.37. The van der Waals surface area contributed by atoms with Gasteiger partial charge in [-0.05, 0) is 26.3 Å². The number of benzene rings is 2. The fourth-order valence-electron chi connectivity index (χ4n) is 1.80. The molecular formula is C34H71NW. The van der Waals surface area contributed by atoms with Crippen molar-refractivity contribution in [3.63, 3.8) is 0 Å². The molecule has 1 fully saturated rings. The Morgan fingerprint density at radius 2 is 0.750 bits per heavy atom. The zero-order chi connectivity index (χ0) is 28.3. The summed E-state index contributed by atoms with van der Waals surface area (Å²) in [6.07, 6.45) is 5.43. The van der Waals surface area contributed by atoms with Crippen LogP contribution in [0.15, 0.2) is 72.8 Å². The molecule has 1 nitrogen and oxygen atoms in total. The number of nitrogens with one attached hydrogen (secondary N) is 1. The molecule has 36 heavy (non-hydrogen) atoms. The van der Waals surface area contributed by atoms with E-state index in [1.165, 1.54) is 32.2 Å². The van der Waals surface area contributed by atoms with Gasteiger partial charge in [-0.15, -0.1) is 0 Å². The first-order valence-corrected chi connectivity index (χ1v) is 14.2. The minimum atomic E-state index is 0. The van der Waals surface area contributed by atoms with E-state index in [2.05, 4.69) is 33.0 Å². The molecule has 2 heteroatoms. The third kappa shape index (κ3) is 93.5. The van der Waals surface area contributed by atoms with Gasteiger partial charge in [0.15, 0.2) is 0 Å². The summed E-state index contributed by atoms with van der Waals surface area (Å²) < 4.78 is 0. The normalized spacial score (nSPS) is 10.6. The number of hydrogen-bond acceptors (Lipinski definition) is 1. The first-order chi connectivity index (χ1) is 16.8. The molecule has 1 atom stereocenters. The fraction of sp³-hybridized carbons (Fsp3) is 0.588. The molecule has 0 bridgehead atoms. The van der Waals surface area contributed by atoms with Crippen molar-refractivity contribution in [2.75, 3.05) is 6.54 Å². The Labute approximate surface area is 248 Å². The SMILES string of the molecule is CC.CC.CC.CC.CC.CC1CCCCN1.CCC.[CH2-]C.[CH3-].[W+2].c1ccccc1.c1ccccc1. The second-order valence-electron chi connectivity index (χ2n) is 5.37. The van der Waals surface area contributed by atoms with Gasteiger partial charge >= 0.3 is 21.1 Å². The Balaban J connectivity index is -0.0000000339. The van der Waals surface area contributed by atoms with Gasteiger partial charge in [0, 0.05) is 6.04 Å². The molecule has 1 N–H and O–H groups in total. The summed E-state index contributed by atoms with van der Waals surface area (Å²) in [7, 11) is 0. The van der Waals surface area contributed by atoms with Gasteiger partial charge in [-0.1, -0.05) is 169 Å². The van der Waals surface area contributed by atoms with E-state index in [1.54, 1.807) is 6.92 Å². The molecule has 218 valence electrons. The topological polar surface area (TPSA) is 12.0 Å². The predicted octanol–water partition coefficient (Wildman–Crippen LogP) is 12.4. The fourth-order valence-corrected chi connectivity index (χ4v) is 1.80. The van der Waals surface area contributed by atoms with Gasteiger partial charge in [-0.2, -0.15) is 6.92 Å². The summed E-state index contributed by atoms with van der Waals surface area (Å²) in [5, 5.41) is 3.38. The van der Waals surface area contributed by atoms with Crippen LogP contribution in [0, 0.1) is 14.4 Å². The summed E-state index contributed by atoms with van der Waals surface area (Å²) in [4.78, 5) is 0. The van der Waals surface area contributed by atoms with Crippen molar-refractivity contribution in [2.45, 2.75) is 129 Å². The smallest absolute Gasteiger partial charge is 0.358 e. The van der Waals surface area contributed by atoms with Gasteiger partial charge in [0.05, 0.1) is 0 Å². The standard InChI is InChI=1S/C6H13N.2C6H6.C3H8.5C2H6.C2H5.CH3.W/c1-6-4-2-3-5-7-6;2*1-2-4-6-5-3-1;1-3-2;6*1-2;;/h6-7H,2-5H2,1H3;2*1-6H;3H2,1-2H3;5*1-2H3;1H2,2H3;1H3;/q;;;;;;;;;2*-1;+2. The van der Waals surface area contributed by atoms with E-state index in [4.69, 9.17) is 0 Å². The third-order valence-electron chi connectivity index (χ3n) is 2.89. The van der Waals surface area contributed by atoms with E-state index in [-0.39, 0.29) is 28.5 Å². The van der Waals surface area contributed by atoms with E-state index in [1.807, 2.05) is 142 Å². The maximum absolute atomic E-state index is 3.38. The van der Waals surface area contributed by atoms with Crippen LogP contribution in [-0.2, 0) is 21.1 Å². The summed E-state index contributed by atoms with van der Waals surface area (Å²) in [5.41, 5.74) is 0. The Morgan fingerprint density at radius 3 is 0.833 bits per heavy atom. The molecular weight excluding hydrogens is 606 g/mol. The molecule has 0 aromatic heterocycles. The van der Waals surface area contributed by atoms with Crippen molar-refractivity contribution in [3.8, 4) is 0 Å². The van der Waals surface area contributed by atoms with Crippen LogP contribution in [0.5, 0.6) is 0 Å². The molecule has 1 unspecified atom stereocenters. The molecule has 1 saturated heterocycles. The van der Waals surface area contributed by atoms with Gasteiger partial charge in [0.1, 0.15) is 0 Å². The van der Waals surface area contributed by atoms with Crippen LogP contribution in [0.4, 0.5) is 0 Å². The van der Waals surface area contributed by atoms with E-state index >= 15 is 0 Å². The van der Waals surface area contributed by atoms with Crippen LogP contribution < -0.4 is 5.32 Å². The zero-order valence-corrected chi connectivity index (χ0v) is 30.6. The first-order valence-electron chi connectivity index (χ1n) is 14.2. The maximum Gasteiger partial charge on any atom is 2.00 e. The summed E-state index contributed by atoms with van der Waals surface area (Å²) in [6.45, 7) is 32.7. The van der Waals surface area contributed by atoms with Crippen molar-refractivity contribution in [1.82, 2.24) is 5.32 Å². The van der Waals surface area contributed by atoms with E-state index < -0.39 is 0 Å². The predicted molar refractivity (Wildman–Crippen MR) is 174 cm³/mol. The Bertz CT molecular complexity index is 302. The van der Waals surface area contributed by atoms with E-state index in [9.17, 15) is 0 Å². The molecule has 2 aromatic carbocycles. The molecule has 1 heterocycles. The Hall–Kier alpha value is -0.912. The van der Waals surface area contributed by atoms with E-state index in [0.717, 1.165) is 6.04 Å². The molecule has 0 radical (unpaired) electrons. The molecule has 0 spiro atoms. The van der Waals surface area contributed by atoms with Crippen LogP contribution >= 0.6 is 0 Å². The Kier molecular flexibility index (Phi) is 154. The molecule has 0 amide bonds. The van der Waals surface area contributed by atoms with Gasteiger partial charge < -0.3 is 19.7 Å². The minimum Gasteiger partial charge on any atom is -0.358 e. The van der Waals surface area contributed by atoms with Gasteiger partial charge in [-0.3, -0.25) is 0 Å². The number of rotatable bonds is 0. The van der Waals surface area contributed by atoms with E-state index in [0.29, 0.717) is 0 Å². The molecule has 1 aliphatic rings. The largest absolute Gasteiger partial charge is 2.00 e. The summed E-state index contributed by atoms with van der Waals surface area (Å²) in [6, 6.07) is 24.8. The average Bonchev–Trinajstić information content (AvgIpc) is 2.99. The van der Waals surface area contributed by atoms with Crippen molar-refractivity contribution < 1.29 is 21.1 Å². The number of hydrogen-bond donors (Lipinski definition) is 1. The van der Waals surface area contributed by atoms with Crippen molar-refractivity contribution in [3.05, 3.63) is 87.1 Å². The Morgan fingerprint density at radius 1 is 0.556 bits per heavy atom. The van der Waals surface area contributed by atoms with Crippen LogP contribution in [-0.4, -0.2) is 12.6 Å². The van der Waals surface area contributed by atoms with Crippen LogP contribution in [0.3, 0.4) is 0 Å². The minimum absolute atomic E-state index is 0. The summed E-state index contributed by atoms with van der Waals surface area (Å²) in [5.74, 6) is 0. The molecule has 0 saturated carbocycles. The van der Waals surface area contributed by atoms with Crippen molar-refractivity contribution in [2.24, 2.45) is 0 Å². The van der Waals surface area contributed by atoms with Crippen LogP contribution in [0.25, 0.3) is 0 Å². The summed E-state index contributed by atoms with van der Waals surface area (Å²) >= 11 is 0. The molecule has 0 aliphatic carbocycles. The maximum atomic E-state index is 3.38. The number of piperidine rings is 1. The quantitative estimate of drug-likeness (QED) is 0.274. The third-order valence-corrected chi connectivity index (χ3v) is 2.89. The molecule has 1 aliphatic heterocycles. The van der Waals surface area contributed by atoms with Crippen molar-refractivity contribution in [1.29, 1.82) is 0 Å². The van der Waals surface area contributed by atoms with Gasteiger partial charge in [0.2, 0.25) is 0 Å². The molecule has 2 aromatic rings. The zero-order valence-electron chi connectivity index (χ0n) is 27.7. The van der Waals surface area contributed by atoms with Gasteiger partial charge in [-0.25, -0.2) is 0 Å². The first kappa shape index (κ1) is 59.9. The van der Waals surface area contributed by atoms with Gasteiger partial charge in [0.25, 0.3) is 0 Å². The monoisotopic (exact) mass is 678 g/mol. The van der Waals surface area contributed by atoms with Crippen LogP contribution in [0.1, 0.15) is 123 Å². The van der Waals surface area contributed by atoms with Crippen molar-refractivity contribution >= 4 is 0 Å². The second kappa shape index (κ2) is 92.5. The molecule has 3 rings (SSSR count). The van der Waals surface area contributed by atoms with Crippen LogP contribution in [0.2, 0.25) is 0 Å².